The molecular formula is C21H16ClN3S. The van der Waals surface area contributed by atoms with Crippen LogP contribution in [0.15, 0.2) is 54.6 Å². The first kappa shape index (κ1) is 15.8. The van der Waals surface area contributed by atoms with Crippen LogP contribution in [0.3, 0.4) is 0 Å². The number of benzene rings is 2. The van der Waals surface area contributed by atoms with Crippen molar-refractivity contribution in [2.45, 2.75) is 19.8 Å². The fourth-order valence-electron chi connectivity index (χ4n) is 3.61. The largest absolute Gasteiger partial charge is 0.246 e. The summed E-state index contributed by atoms with van der Waals surface area (Å²) in [5.74, 6) is 0. The minimum absolute atomic E-state index is 0.700. The molecule has 0 amide bonds. The van der Waals surface area contributed by atoms with Crippen LogP contribution in [0.4, 0.5) is 0 Å². The molecule has 0 unspecified atom stereocenters. The molecule has 0 fully saturated rings. The van der Waals surface area contributed by atoms with Gasteiger partial charge in [0.1, 0.15) is 0 Å². The fraction of sp³-hybridized carbons (Fsp3) is 0.143. The predicted octanol–water partition coefficient (Wildman–Crippen LogP) is 5.72. The van der Waals surface area contributed by atoms with E-state index in [2.05, 4.69) is 31.2 Å². The zero-order valence-electron chi connectivity index (χ0n) is 14.2. The molecule has 0 aliphatic heterocycles. The summed E-state index contributed by atoms with van der Waals surface area (Å²) in [6.07, 6.45) is 1.90. The Morgan fingerprint density at radius 3 is 2.58 bits per heavy atom. The van der Waals surface area contributed by atoms with Gasteiger partial charge in [-0.1, -0.05) is 54.1 Å². The van der Waals surface area contributed by atoms with Crippen molar-refractivity contribution in [2.75, 3.05) is 0 Å². The number of nitrogens with zero attached hydrogens (tertiary/aromatic N) is 3. The topological polar surface area (TPSA) is 30.7 Å². The zero-order chi connectivity index (χ0) is 17.7. The van der Waals surface area contributed by atoms with Crippen LogP contribution in [0.1, 0.15) is 16.3 Å². The van der Waals surface area contributed by atoms with Crippen LogP contribution in [0, 0.1) is 6.92 Å². The third-order valence-corrected chi connectivity index (χ3v) is 6.08. The number of hydrogen-bond donors (Lipinski definition) is 0. The smallest absolute Gasteiger partial charge is 0.0966 e. The summed E-state index contributed by atoms with van der Waals surface area (Å²) in [6, 6.07) is 18.3. The Labute approximate surface area is 160 Å². The van der Waals surface area contributed by atoms with Gasteiger partial charge < -0.3 is 0 Å². The summed E-state index contributed by atoms with van der Waals surface area (Å²) in [4.78, 5) is 5.95. The monoisotopic (exact) mass is 377 g/mol. The van der Waals surface area contributed by atoms with Crippen LogP contribution in [0.25, 0.3) is 27.5 Å². The predicted molar refractivity (Wildman–Crippen MR) is 107 cm³/mol. The van der Waals surface area contributed by atoms with Crippen molar-refractivity contribution < 1.29 is 0 Å². The highest BCUT2D eigenvalue weighted by Crippen LogP contribution is 2.43. The molecule has 2 aromatic heterocycles. The van der Waals surface area contributed by atoms with Gasteiger partial charge in [0, 0.05) is 11.1 Å². The molecule has 2 heterocycles. The molecule has 0 saturated heterocycles. The van der Waals surface area contributed by atoms with E-state index in [4.69, 9.17) is 21.7 Å². The Balaban J connectivity index is 1.84. The molecule has 0 spiro atoms. The lowest BCUT2D eigenvalue weighted by Crippen LogP contribution is -2.06. The van der Waals surface area contributed by atoms with Gasteiger partial charge in [-0.15, -0.1) is 11.3 Å². The summed E-state index contributed by atoms with van der Waals surface area (Å²) in [5.41, 5.74) is 6.69. The van der Waals surface area contributed by atoms with Crippen LogP contribution < -0.4 is 0 Å². The highest BCUT2D eigenvalue weighted by molar-refractivity contribution is 7.15. The Bertz CT molecular complexity index is 1110. The molecule has 0 bridgehead atoms. The summed E-state index contributed by atoms with van der Waals surface area (Å²) < 4.78 is 2.01. The van der Waals surface area contributed by atoms with Gasteiger partial charge in [-0.05, 0) is 31.9 Å². The third-order valence-electron chi connectivity index (χ3n) is 4.74. The molecule has 128 valence electrons. The van der Waals surface area contributed by atoms with Gasteiger partial charge in [0.2, 0.25) is 0 Å². The summed E-state index contributed by atoms with van der Waals surface area (Å²) in [5, 5.41) is 6.81. The molecule has 0 atom stereocenters. The van der Waals surface area contributed by atoms with Crippen LogP contribution in [-0.4, -0.2) is 14.8 Å². The molecule has 0 radical (unpaired) electrons. The van der Waals surface area contributed by atoms with Crippen molar-refractivity contribution in [3.63, 3.8) is 0 Å². The van der Waals surface area contributed by atoms with E-state index in [0.29, 0.717) is 5.02 Å². The van der Waals surface area contributed by atoms with Crippen LogP contribution in [-0.2, 0) is 12.8 Å². The van der Waals surface area contributed by atoms with Gasteiger partial charge in [-0.25, -0.2) is 9.67 Å². The minimum atomic E-state index is 0.700. The molecule has 5 rings (SSSR count). The SMILES string of the molecule is Cc1nc2c(s1)-c1c(c(-c3ccccc3)nn1-c1ccccc1Cl)CC2. The highest BCUT2D eigenvalue weighted by Gasteiger charge is 2.29. The molecule has 5 heteroatoms. The van der Waals surface area contributed by atoms with E-state index in [-0.39, 0.29) is 0 Å². The Morgan fingerprint density at radius 1 is 1.00 bits per heavy atom. The summed E-state index contributed by atoms with van der Waals surface area (Å²) in [7, 11) is 0. The van der Waals surface area contributed by atoms with E-state index in [1.807, 2.05) is 35.0 Å². The summed E-state index contributed by atoms with van der Waals surface area (Å²) >= 11 is 8.26. The number of rotatable bonds is 2. The van der Waals surface area contributed by atoms with E-state index < -0.39 is 0 Å². The van der Waals surface area contributed by atoms with Crippen LogP contribution in [0.2, 0.25) is 5.02 Å². The van der Waals surface area contributed by atoms with E-state index in [1.54, 1.807) is 11.3 Å². The normalized spacial score (nSPS) is 12.7. The second-order valence-corrected chi connectivity index (χ2v) is 8.02. The quantitative estimate of drug-likeness (QED) is 0.447. The lowest BCUT2D eigenvalue weighted by molar-refractivity contribution is 0.870. The lowest BCUT2D eigenvalue weighted by atomic mass is 9.95. The van der Waals surface area contributed by atoms with Crippen LogP contribution in [0.5, 0.6) is 0 Å². The van der Waals surface area contributed by atoms with Crippen molar-refractivity contribution in [1.29, 1.82) is 0 Å². The molecule has 1 aliphatic rings. The van der Waals surface area contributed by atoms with Crippen molar-refractivity contribution in [3.8, 4) is 27.5 Å². The maximum atomic E-state index is 6.52. The van der Waals surface area contributed by atoms with Gasteiger partial charge in [0.05, 0.1) is 37.7 Å². The van der Waals surface area contributed by atoms with Crippen molar-refractivity contribution in [2.24, 2.45) is 0 Å². The van der Waals surface area contributed by atoms with Crippen molar-refractivity contribution in [3.05, 3.63) is 75.9 Å². The molecule has 2 aromatic carbocycles. The molecular weight excluding hydrogens is 362 g/mol. The van der Waals surface area contributed by atoms with Gasteiger partial charge in [-0.2, -0.15) is 5.10 Å². The first-order chi connectivity index (χ1) is 12.7. The average molecular weight is 378 g/mol. The Kier molecular flexibility index (Phi) is 3.69. The molecule has 4 aromatic rings. The Morgan fingerprint density at radius 2 is 1.77 bits per heavy atom. The van der Waals surface area contributed by atoms with Crippen LogP contribution >= 0.6 is 22.9 Å². The number of aromatic nitrogens is 3. The minimum Gasteiger partial charge on any atom is -0.246 e. The lowest BCUT2D eigenvalue weighted by Gasteiger charge is -2.14. The van der Waals surface area contributed by atoms with Crippen molar-refractivity contribution in [1.82, 2.24) is 14.8 Å². The molecule has 0 saturated carbocycles. The van der Waals surface area contributed by atoms with Gasteiger partial charge >= 0.3 is 0 Å². The average Bonchev–Trinajstić information content (AvgIpc) is 3.22. The first-order valence-corrected chi connectivity index (χ1v) is 9.80. The maximum Gasteiger partial charge on any atom is 0.0966 e. The van der Waals surface area contributed by atoms with E-state index in [9.17, 15) is 0 Å². The highest BCUT2D eigenvalue weighted by atomic mass is 35.5. The van der Waals surface area contributed by atoms with E-state index in [0.717, 1.165) is 40.5 Å². The van der Waals surface area contributed by atoms with Crippen molar-refractivity contribution >= 4 is 22.9 Å². The number of aryl methyl sites for hydroxylation is 2. The molecule has 26 heavy (non-hydrogen) atoms. The molecule has 0 N–H and O–H groups in total. The molecule has 3 nitrogen and oxygen atoms in total. The number of fused-ring (bicyclic) bond motifs is 3. The van der Waals surface area contributed by atoms with Gasteiger partial charge in [-0.3, -0.25) is 0 Å². The van der Waals surface area contributed by atoms with Gasteiger partial charge in [0.15, 0.2) is 0 Å². The number of para-hydroxylation sites is 1. The summed E-state index contributed by atoms with van der Waals surface area (Å²) in [6.45, 7) is 2.07. The standard InChI is InChI=1S/C21H16ClN3S/c1-13-23-17-12-11-15-19(14-7-3-2-4-8-14)24-25(20(15)21(17)26-13)18-10-6-5-9-16(18)22/h2-10H,11-12H2,1H3. The second kappa shape index (κ2) is 6.08. The number of thiazole rings is 1. The number of halogens is 1. The second-order valence-electron chi connectivity index (χ2n) is 6.41. The third kappa shape index (κ3) is 2.41. The Hall–Kier alpha value is -2.43. The van der Waals surface area contributed by atoms with Gasteiger partial charge in [0.25, 0.3) is 0 Å². The van der Waals surface area contributed by atoms with E-state index in [1.165, 1.54) is 16.1 Å². The zero-order valence-corrected chi connectivity index (χ0v) is 15.8. The fourth-order valence-corrected chi connectivity index (χ4v) is 4.85. The number of hydrogen-bond acceptors (Lipinski definition) is 3. The first-order valence-electron chi connectivity index (χ1n) is 8.61. The maximum absolute atomic E-state index is 6.52. The van der Waals surface area contributed by atoms with E-state index >= 15 is 0 Å². The molecule has 1 aliphatic carbocycles.